The van der Waals surface area contributed by atoms with Gasteiger partial charge in [-0.3, -0.25) is 4.90 Å². The van der Waals surface area contributed by atoms with Crippen molar-refractivity contribution in [1.82, 2.24) is 24.3 Å². The molecule has 0 saturated carbocycles. The number of nitrogens with zero attached hydrogens (tertiary/aromatic N) is 6. The lowest BCUT2D eigenvalue weighted by Gasteiger charge is -2.41. The van der Waals surface area contributed by atoms with Crippen molar-refractivity contribution in [1.29, 1.82) is 0 Å². The van der Waals surface area contributed by atoms with Crippen molar-refractivity contribution in [2.45, 2.75) is 58.7 Å². The molecule has 9 heteroatoms. The molecule has 4 heterocycles. The third-order valence-corrected chi connectivity index (χ3v) is 7.11. The lowest BCUT2D eigenvalue weighted by Crippen LogP contribution is -2.54. The van der Waals surface area contributed by atoms with E-state index in [1.54, 1.807) is 11.2 Å². The molecule has 0 radical (unpaired) electrons. The molecule has 2 fully saturated rings. The number of carbonyl (C=O) groups excluding carboxylic acids is 1. The van der Waals surface area contributed by atoms with Crippen molar-refractivity contribution in [2.75, 3.05) is 37.6 Å². The number of benzene rings is 1. The summed E-state index contributed by atoms with van der Waals surface area (Å²) in [4.78, 5) is 28.8. The van der Waals surface area contributed by atoms with Gasteiger partial charge in [-0.2, -0.15) is 0 Å². The number of anilines is 1. The number of likely N-dealkylation sites (tertiary alicyclic amines) is 1. The minimum atomic E-state index is -0.510. The molecule has 2 aliphatic heterocycles. The molecule has 192 valence electrons. The third kappa shape index (κ3) is 5.15. The number of hydrogen-bond donors (Lipinski definition) is 0. The molecule has 1 atom stereocenters. The molecular formula is C27H35ClN6O2. The standard InChI is InChI=1S/C27H35ClN6O2/c1-19-15-32(26(35)36-27(2,3)4)12-13-33(19)24-23-20(16-31-10-5-6-11-31)17-34(25(23)30-18-29-24)22-9-7-8-21(28)14-22/h7-9,14,17-19H,5-6,10-13,15-16H2,1-4H3. The van der Waals surface area contributed by atoms with Gasteiger partial charge < -0.3 is 19.1 Å². The number of carbonyl (C=O) groups is 1. The lowest BCUT2D eigenvalue weighted by atomic mass is 10.1. The summed E-state index contributed by atoms with van der Waals surface area (Å²) in [5.41, 5.74) is 2.55. The molecule has 1 amide bonds. The fourth-order valence-corrected chi connectivity index (χ4v) is 5.41. The molecule has 2 aromatic heterocycles. The fourth-order valence-electron chi connectivity index (χ4n) is 5.23. The van der Waals surface area contributed by atoms with Crippen LogP contribution in [0.5, 0.6) is 0 Å². The summed E-state index contributed by atoms with van der Waals surface area (Å²) in [6.07, 6.45) is 6.04. The number of rotatable bonds is 4. The average Bonchev–Trinajstić information content (AvgIpc) is 3.46. The van der Waals surface area contributed by atoms with E-state index in [4.69, 9.17) is 26.3 Å². The van der Waals surface area contributed by atoms with Gasteiger partial charge in [0.1, 0.15) is 23.4 Å². The number of halogens is 1. The highest BCUT2D eigenvalue weighted by molar-refractivity contribution is 6.30. The predicted octanol–water partition coefficient (Wildman–Crippen LogP) is 5.12. The van der Waals surface area contributed by atoms with Crippen LogP contribution in [0, 0.1) is 0 Å². The summed E-state index contributed by atoms with van der Waals surface area (Å²) in [5.74, 6) is 0.923. The Bertz CT molecular complexity index is 1250. The van der Waals surface area contributed by atoms with Crippen LogP contribution in [0.2, 0.25) is 5.02 Å². The molecule has 1 aromatic carbocycles. The fraction of sp³-hybridized carbons (Fsp3) is 0.519. The van der Waals surface area contributed by atoms with Crippen LogP contribution in [0.15, 0.2) is 36.8 Å². The first-order valence-corrected chi connectivity index (χ1v) is 13.2. The van der Waals surface area contributed by atoms with Gasteiger partial charge in [0.2, 0.25) is 0 Å². The second-order valence-corrected chi connectivity index (χ2v) is 11.3. The Balaban J connectivity index is 1.51. The molecule has 2 saturated heterocycles. The van der Waals surface area contributed by atoms with Crippen LogP contribution in [-0.2, 0) is 11.3 Å². The van der Waals surface area contributed by atoms with Gasteiger partial charge in [-0.15, -0.1) is 0 Å². The summed E-state index contributed by atoms with van der Waals surface area (Å²) in [7, 11) is 0. The van der Waals surface area contributed by atoms with Crippen LogP contribution in [0.3, 0.4) is 0 Å². The Morgan fingerprint density at radius 3 is 2.61 bits per heavy atom. The summed E-state index contributed by atoms with van der Waals surface area (Å²) < 4.78 is 7.74. The first-order valence-electron chi connectivity index (χ1n) is 12.8. The van der Waals surface area contributed by atoms with E-state index >= 15 is 0 Å². The summed E-state index contributed by atoms with van der Waals surface area (Å²) in [6, 6.07) is 7.94. The smallest absolute Gasteiger partial charge is 0.410 e. The van der Waals surface area contributed by atoms with Crippen molar-refractivity contribution < 1.29 is 9.53 Å². The molecule has 0 bridgehead atoms. The van der Waals surface area contributed by atoms with E-state index in [2.05, 4.69) is 33.6 Å². The topological polar surface area (TPSA) is 66.7 Å². The van der Waals surface area contributed by atoms with E-state index in [9.17, 15) is 4.79 Å². The normalized spacial score (nSPS) is 19.3. The monoisotopic (exact) mass is 510 g/mol. The zero-order valence-corrected chi connectivity index (χ0v) is 22.3. The zero-order valence-electron chi connectivity index (χ0n) is 21.6. The highest BCUT2D eigenvalue weighted by atomic mass is 35.5. The second-order valence-electron chi connectivity index (χ2n) is 10.9. The lowest BCUT2D eigenvalue weighted by molar-refractivity contribution is 0.0218. The predicted molar refractivity (Wildman–Crippen MR) is 143 cm³/mol. The van der Waals surface area contributed by atoms with E-state index in [0.717, 1.165) is 42.2 Å². The first-order chi connectivity index (χ1) is 17.2. The molecule has 0 aliphatic carbocycles. The highest BCUT2D eigenvalue weighted by Gasteiger charge is 2.32. The van der Waals surface area contributed by atoms with Gasteiger partial charge in [0.15, 0.2) is 0 Å². The van der Waals surface area contributed by atoms with E-state index in [-0.39, 0.29) is 12.1 Å². The summed E-state index contributed by atoms with van der Waals surface area (Å²) in [5, 5.41) is 1.76. The van der Waals surface area contributed by atoms with Crippen LogP contribution in [0.1, 0.15) is 46.1 Å². The number of ether oxygens (including phenoxy) is 1. The Morgan fingerprint density at radius 2 is 1.92 bits per heavy atom. The highest BCUT2D eigenvalue weighted by Crippen LogP contribution is 2.34. The van der Waals surface area contributed by atoms with Gasteiger partial charge >= 0.3 is 6.09 Å². The molecule has 8 nitrogen and oxygen atoms in total. The Labute approximate surface area is 217 Å². The van der Waals surface area contributed by atoms with Crippen molar-refractivity contribution in [2.24, 2.45) is 0 Å². The number of aromatic nitrogens is 3. The van der Waals surface area contributed by atoms with Gasteiger partial charge in [0.25, 0.3) is 0 Å². The summed E-state index contributed by atoms with van der Waals surface area (Å²) in [6.45, 7) is 12.7. The molecule has 0 N–H and O–H groups in total. The van der Waals surface area contributed by atoms with E-state index in [1.165, 1.54) is 18.4 Å². The largest absolute Gasteiger partial charge is 0.444 e. The first kappa shape index (κ1) is 24.8. The number of amides is 1. The molecule has 36 heavy (non-hydrogen) atoms. The van der Waals surface area contributed by atoms with Crippen molar-refractivity contribution >= 4 is 34.5 Å². The van der Waals surface area contributed by atoms with Crippen molar-refractivity contribution in [3.63, 3.8) is 0 Å². The molecule has 1 unspecified atom stereocenters. The number of piperazine rings is 1. The molecule has 0 spiro atoms. The zero-order chi connectivity index (χ0) is 25.4. The Morgan fingerprint density at radius 1 is 1.14 bits per heavy atom. The Kier molecular flexibility index (Phi) is 6.83. The summed E-state index contributed by atoms with van der Waals surface area (Å²) >= 11 is 6.34. The van der Waals surface area contributed by atoms with Crippen LogP contribution >= 0.6 is 11.6 Å². The van der Waals surface area contributed by atoms with E-state index in [1.807, 2.05) is 39.0 Å². The van der Waals surface area contributed by atoms with Gasteiger partial charge in [0.05, 0.1) is 5.39 Å². The minimum absolute atomic E-state index is 0.0820. The number of fused-ring (bicyclic) bond motifs is 1. The SMILES string of the molecule is CC1CN(C(=O)OC(C)(C)C)CCN1c1ncnc2c1c(CN1CCCC1)cn2-c1cccc(Cl)c1. The van der Waals surface area contributed by atoms with E-state index in [0.29, 0.717) is 24.7 Å². The molecule has 3 aromatic rings. The van der Waals surface area contributed by atoms with Crippen LogP contribution in [-0.4, -0.2) is 74.8 Å². The maximum absolute atomic E-state index is 12.7. The van der Waals surface area contributed by atoms with Crippen LogP contribution < -0.4 is 4.90 Å². The maximum Gasteiger partial charge on any atom is 0.410 e. The quantitative estimate of drug-likeness (QED) is 0.485. The third-order valence-electron chi connectivity index (χ3n) is 6.87. The van der Waals surface area contributed by atoms with Crippen molar-refractivity contribution in [3.05, 3.63) is 47.4 Å². The van der Waals surface area contributed by atoms with Gasteiger partial charge in [-0.25, -0.2) is 14.8 Å². The number of hydrogen-bond acceptors (Lipinski definition) is 6. The van der Waals surface area contributed by atoms with E-state index < -0.39 is 5.60 Å². The molecule has 5 rings (SSSR count). The minimum Gasteiger partial charge on any atom is -0.444 e. The average molecular weight is 511 g/mol. The molecule has 2 aliphatic rings. The van der Waals surface area contributed by atoms with Gasteiger partial charge in [0, 0.05) is 49.1 Å². The van der Waals surface area contributed by atoms with Gasteiger partial charge in [-0.1, -0.05) is 17.7 Å². The van der Waals surface area contributed by atoms with Gasteiger partial charge in [-0.05, 0) is 77.4 Å². The Hall–Kier alpha value is -2.84. The van der Waals surface area contributed by atoms with Crippen LogP contribution in [0.25, 0.3) is 16.7 Å². The van der Waals surface area contributed by atoms with Crippen LogP contribution in [0.4, 0.5) is 10.6 Å². The van der Waals surface area contributed by atoms with Crippen molar-refractivity contribution in [3.8, 4) is 5.69 Å². The second kappa shape index (κ2) is 9.90. The maximum atomic E-state index is 12.7. The molecular weight excluding hydrogens is 476 g/mol.